The fourth-order valence-corrected chi connectivity index (χ4v) is 4.49. The van der Waals surface area contributed by atoms with Crippen LogP contribution >= 0.6 is 0 Å². The molecule has 118 valence electrons. The number of rotatable bonds is 4. The molecule has 2 fully saturated rings. The predicted molar refractivity (Wildman–Crippen MR) is 86.3 cm³/mol. The Hall–Kier alpha value is -1.64. The van der Waals surface area contributed by atoms with Gasteiger partial charge in [0, 0.05) is 18.4 Å². The Balaban J connectivity index is 1.69. The quantitative estimate of drug-likeness (QED) is 0.928. The fourth-order valence-electron chi connectivity index (χ4n) is 4.49. The lowest BCUT2D eigenvalue weighted by Crippen LogP contribution is -2.47. The zero-order valence-corrected chi connectivity index (χ0v) is 13.7. The first-order valence-electron chi connectivity index (χ1n) is 8.19. The van der Waals surface area contributed by atoms with Gasteiger partial charge in [-0.25, -0.2) is 0 Å². The Morgan fingerprint density at radius 2 is 1.82 bits per heavy atom. The number of carbonyl (C=O) groups excluding carboxylic acids is 2. The zero-order chi connectivity index (χ0) is 16.0. The molecule has 2 aliphatic carbocycles. The molecule has 1 aromatic rings. The van der Waals surface area contributed by atoms with Crippen LogP contribution < -0.4 is 5.32 Å². The summed E-state index contributed by atoms with van der Waals surface area (Å²) in [5, 5.41) is 3.09. The van der Waals surface area contributed by atoms with Crippen LogP contribution in [-0.4, -0.2) is 18.2 Å². The maximum Gasteiger partial charge on any atom is 0.227 e. The summed E-state index contributed by atoms with van der Waals surface area (Å²) in [6.45, 7) is 6.87. The molecule has 22 heavy (non-hydrogen) atoms. The monoisotopic (exact) mass is 299 g/mol. The van der Waals surface area contributed by atoms with Crippen LogP contribution in [0.15, 0.2) is 30.3 Å². The number of amides is 1. The second kappa shape index (κ2) is 4.94. The van der Waals surface area contributed by atoms with Crippen molar-refractivity contribution < 1.29 is 9.59 Å². The smallest absolute Gasteiger partial charge is 0.227 e. The van der Waals surface area contributed by atoms with E-state index >= 15 is 0 Å². The Labute approximate surface area is 132 Å². The molecule has 3 heteroatoms. The molecule has 2 atom stereocenters. The van der Waals surface area contributed by atoms with Crippen LogP contribution in [0.2, 0.25) is 0 Å². The van der Waals surface area contributed by atoms with Gasteiger partial charge in [-0.15, -0.1) is 0 Å². The highest BCUT2D eigenvalue weighted by Gasteiger charge is 2.72. The first-order chi connectivity index (χ1) is 10.3. The van der Waals surface area contributed by atoms with Crippen LogP contribution in [0.5, 0.6) is 0 Å². The highest BCUT2D eigenvalue weighted by Crippen LogP contribution is 2.70. The third-order valence-corrected chi connectivity index (χ3v) is 6.68. The molecule has 3 nitrogen and oxygen atoms in total. The lowest BCUT2D eigenvalue weighted by molar-refractivity contribution is -0.136. The van der Waals surface area contributed by atoms with Gasteiger partial charge in [0.15, 0.2) is 0 Å². The van der Waals surface area contributed by atoms with Crippen molar-refractivity contribution >= 4 is 11.7 Å². The van der Waals surface area contributed by atoms with E-state index < -0.39 is 5.41 Å². The van der Waals surface area contributed by atoms with Crippen molar-refractivity contribution in [2.75, 3.05) is 6.54 Å². The summed E-state index contributed by atoms with van der Waals surface area (Å²) in [6.07, 6.45) is 2.91. The van der Waals surface area contributed by atoms with Crippen molar-refractivity contribution in [1.82, 2.24) is 5.32 Å². The predicted octanol–water partition coefficient (Wildman–Crippen LogP) is 3.13. The maximum absolute atomic E-state index is 12.9. The van der Waals surface area contributed by atoms with Crippen LogP contribution in [0.4, 0.5) is 0 Å². The standard InChI is InChI=1S/C19H25NO2/c1-17(2)18(3)10-11-19(17,13-15(18)21)16(22)20-12-9-14-7-5-4-6-8-14/h4-8H,9-13H2,1-3H3,(H,20,22). The zero-order valence-electron chi connectivity index (χ0n) is 13.7. The Bertz CT molecular complexity index is 607. The van der Waals surface area contributed by atoms with Crippen molar-refractivity contribution in [2.24, 2.45) is 16.2 Å². The summed E-state index contributed by atoms with van der Waals surface area (Å²) >= 11 is 0. The van der Waals surface area contributed by atoms with Gasteiger partial charge in [0.1, 0.15) is 5.78 Å². The van der Waals surface area contributed by atoms with E-state index in [1.54, 1.807) is 0 Å². The van der Waals surface area contributed by atoms with E-state index in [4.69, 9.17) is 0 Å². The summed E-state index contributed by atoms with van der Waals surface area (Å²) in [5.74, 6) is 0.338. The molecule has 2 aliphatic rings. The third kappa shape index (κ3) is 1.87. The van der Waals surface area contributed by atoms with Gasteiger partial charge in [-0.1, -0.05) is 51.1 Å². The van der Waals surface area contributed by atoms with Crippen molar-refractivity contribution in [3.63, 3.8) is 0 Å². The lowest BCUT2D eigenvalue weighted by Gasteiger charge is -2.38. The summed E-state index contributed by atoms with van der Waals surface area (Å²) in [7, 11) is 0. The molecule has 0 spiro atoms. The van der Waals surface area contributed by atoms with Gasteiger partial charge < -0.3 is 5.32 Å². The molecule has 0 aromatic heterocycles. The number of benzene rings is 1. The van der Waals surface area contributed by atoms with Crippen molar-refractivity contribution in [3.05, 3.63) is 35.9 Å². The number of carbonyl (C=O) groups is 2. The minimum atomic E-state index is -0.504. The molecule has 0 saturated heterocycles. The minimum Gasteiger partial charge on any atom is -0.355 e. The van der Waals surface area contributed by atoms with Crippen LogP contribution in [-0.2, 0) is 16.0 Å². The SMILES string of the molecule is CC12CCC(C(=O)NCCc3ccccc3)(CC1=O)C2(C)C. The van der Waals surface area contributed by atoms with Crippen LogP contribution in [0.25, 0.3) is 0 Å². The summed E-state index contributed by atoms with van der Waals surface area (Å²) in [4.78, 5) is 25.3. The van der Waals surface area contributed by atoms with Gasteiger partial charge in [0.05, 0.1) is 5.41 Å². The first-order valence-corrected chi connectivity index (χ1v) is 8.19. The summed E-state index contributed by atoms with van der Waals surface area (Å²) in [5.41, 5.74) is 0.131. The number of ketones is 1. The molecule has 2 bridgehead atoms. The van der Waals surface area contributed by atoms with E-state index in [-0.39, 0.29) is 22.5 Å². The number of hydrogen-bond donors (Lipinski definition) is 1. The molecular weight excluding hydrogens is 274 g/mol. The van der Waals surface area contributed by atoms with E-state index in [2.05, 4.69) is 31.3 Å². The van der Waals surface area contributed by atoms with Gasteiger partial charge in [-0.2, -0.15) is 0 Å². The van der Waals surface area contributed by atoms with Crippen LogP contribution in [0, 0.1) is 16.2 Å². The van der Waals surface area contributed by atoms with Gasteiger partial charge in [0.25, 0.3) is 0 Å². The average Bonchev–Trinajstić information content (AvgIpc) is 2.78. The number of fused-ring (bicyclic) bond motifs is 2. The van der Waals surface area contributed by atoms with Crippen LogP contribution in [0.3, 0.4) is 0 Å². The molecule has 1 N–H and O–H groups in total. The lowest BCUT2D eigenvalue weighted by atomic mass is 9.64. The van der Waals surface area contributed by atoms with Crippen molar-refractivity contribution in [1.29, 1.82) is 0 Å². The Morgan fingerprint density at radius 1 is 1.14 bits per heavy atom. The maximum atomic E-state index is 12.9. The molecule has 0 aliphatic heterocycles. The highest BCUT2D eigenvalue weighted by atomic mass is 16.2. The molecule has 2 saturated carbocycles. The fraction of sp³-hybridized carbons (Fsp3) is 0.579. The highest BCUT2D eigenvalue weighted by molar-refractivity contribution is 5.99. The topological polar surface area (TPSA) is 46.2 Å². The van der Waals surface area contributed by atoms with E-state index in [0.29, 0.717) is 13.0 Å². The Kier molecular flexibility index (Phi) is 3.42. The molecule has 3 rings (SSSR count). The minimum absolute atomic E-state index is 0.0722. The van der Waals surface area contributed by atoms with Crippen molar-refractivity contribution in [3.8, 4) is 0 Å². The van der Waals surface area contributed by atoms with E-state index in [1.807, 2.05) is 25.1 Å². The van der Waals surface area contributed by atoms with Gasteiger partial charge in [-0.3, -0.25) is 9.59 Å². The second-order valence-electron chi connectivity index (χ2n) is 7.63. The van der Waals surface area contributed by atoms with Gasteiger partial charge in [0.2, 0.25) is 5.91 Å². The number of hydrogen-bond acceptors (Lipinski definition) is 2. The van der Waals surface area contributed by atoms with Gasteiger partial charge >= 0.3 is 0 Å². The molecule has 1 aromatic carbocycles. The van der Waals surface area contributed by atoms with E-state index in [1.165, 1.54) is 5.56 Å². The number of Topliss-reactive ketones (excluding diaryl/α,β-unsaturated/α-hetero) is 1. The largest absolute Gasteiger partial charge is 0.355 e. The van der Waals surface area contributed by atoms with Crippen molar-refractivity contribution in [2.45, 2.75) is 46.5 Å². The summed E-state index contributed by atoms with van der Waals surface area (Å²) in [6, 6.07) is 10.2. The Morgan fingerprint density at radius 3 is 2.36 bits per heavy atom. The molecule has 2 unspecified atom stereocenters. The molecule has 1 amide bonds. The van der Waals surface area contributed by atoms with E-state index in [0.717, 1.165) is 19.3 Å². The molecule has 0 radical (unpaired) electrons. The normalized spacial score (nSPS) is 32.2. The number of nitrogens with one attached hydrogen (secondary N) is 1. The average molecular weight is 299 g/mol. The molecule has 0 heterocycles. The van der Waals surface area contributed by atoms with Crippen LogP contribution in [0.1, 0.15) is 45.6 Å². The summed E-state index contributed by atoms with van der Waals surface area (Å²) < 4.78 is 0. The molecular formula is C19H25NO2. The van der Waals surface area contributed by atoms with E-state index in [9.17, 15) is 9.59 Å². The third-order valence-electron chi connectivity index (χ3n) is 6.68. The first kappa shape index (κ1) is 15.3. The van der Waals surface area contributed by atoms with Gasteiger partial charge in [-0.05, 0) is 30.2 Å². The second-order valence-corrected chi connectivity index (χ2v) is 7.63.